The lowest BCUT2D eigenvalue weighted by atomic mass is 9.94. The molecule has 176 valence electrons. The number of rotatable bonds is 7. The van der Waals surface area contributed by atoms with E-state index in [1.165, 1.54) is 4.90 Å². The molecule has 0 unspecified atom stereocenters. The molecule has 1 amide bonds. The van der Waals surface area contributed by atoms with Crippen LogP contribution >= 0.6 is 0 Å². The standard InChI is InChI=1S/C27H28N2O5/c1-28(2)14-7-15-29-23(18-9-6-10-19(16-18)34-3)22(26(32)27(29)33)25(31)21-13-12-17-8-4-5-11-20(17)24(21)30/h4-6,8-13,16,23,30-31H,7,14-15H2,1-3H3/t23-/m1/s1. The molecule has 2 N–H and O–H groups in total. The van der Waals surface area contributed by atoms with Gasteiger partial charge in [-0.2, -0.15) is 0 Å². The lowest BCUT2D eigenvalue weighted by molar-refractivity contribution is -0.139. The molecule has 1 heterocycles. The minimum Gasteiger partial charge on any atom is -0.507 e. The second-order valence-electron chi connectivity index (χ2n) is 8.61. The smallest absolute Gasteiger partial charge is 0.295 e. The van der Waals surface area contributed by atoms with Crippen molar-refractivity contribution in [2.45, 2.75) is 12.5 Å². The van der Waals surface area contributed by atoms with Crippen LogP contribution in [-0.2, 0) is 9.59 Å². The first kappa shape index (κ1) is 23.3. The van der Waals surface area contributed by atoms with Gasteiger partial charge in [0, 0.05) is 11.9 Å². The Morgan fingerprint density at radius 3 is 2.56 bits per heavy atom. The van der Waals surface area contributed by atoms with Crippen molar-refractivity contribution in [1.29, 1.82) is 0 Å². The number of carbonyl (C=O) groups excluding carboxylic acids is 2. The minimum absolute atomic E-state index is 0.0475. The summed E-state index contributed by atoms with van der Waals surface area (Å²) in [7, 11) is 5.42. The number of fused-ring (bicyclic) bond motifs is 1. The van der Waals surface area contributed by atoms with Crippen LogP contribution in [0.4, 0.5) is 0 Å². The van der Waals surface area contributed by atoms with Crippen LogP contribution in [0.1, 0.15) is 23.6 Å². The number of nitrogens with zero attached hydrogens (tertiary/aromatic N) is 2. The van der Waals surface area contributed by atoms with Gasteiger partial charge >= 0.3 is 0 Å². The number of aromatic hydroxyl groups is 1. The van der Waals surface area contributed by atoms with Gasteiger partial charge in [0.25, 0.3) is 11.7 Å². The Bertz CT molecular complexity index is 1280. The summed E-state index contributed by atoms with van der Waals surface area (Å²) in [5, 5.41) is 23.6. The highest BCUT2D eigenvalue weighted by Crippen LogP contribution is 2.42. The Morgan fingerprint density at radius 2 is 1.82 bits per heavy atom. The molecule has 7 heteroatoms. The van der Waals surface area contributed by atoms with Crippen LogP contribution in [0.15, 0.2) is 66.2 Å². The van der Waals surface area contributed by atoms with Gasteiger partial charge < -0.3 is 24.7 Å². The summed E-state index contributed by atoms with van der Waals surface area (Å²) in [5.74, 6) is -1.41. The molecule has 0 aliphatic carbocycles. The predicted molar refractivity (Wildman–Crippen MR) is 131 cm³/mol. The third-order valence-electron chi connectivity index (χ3n) is 6.11. The number of likely N-dealkylation sites (tertiary alicyclic amines) is 1. The summed E-state index contributed by atoms with van der Waals surface area (Å²) in [5.41, 5.74) is 0.705. The van der Waals surface area contributed by atoms with Crippen LogP contribution in [0, 0.1) is 0 Å². The number of aliphatic hydroxyl groups excluding tert-OH is 1. The fourth-order valence-corrected chi connectivity index (χ4v) is 4.42. The zero-order valence-corrected chi connectivity index (χ0v) is 19.5. The molecule has 1 saturated heterocycles. The van der Waals surface area contributed by atoms with Gasteiger partial charge in [0.1, 0.15) is 17.3 Å². The van der Waals surface area contributed by atoms with Crippen molar-refractivity contribution in [3.05, 3.63) is 77.4 Å². The number of carbonyl (C=O) groups is 2. The highest BCUT2D eigenvalue weighted by molar-refractivity contribution is 6.46. The lowest BCUT2D eigenvalue weighted by Gasteiger charge is -2.26. The molecule has 3 aromatic rings. The van der Waals surface area contributed by atoms with Crippen molar-refractivity contribution in [1.82, 2.24) is 9.80 Å². The Morgan fingerprint density at radius 1 is 1.06 bits per heavy atom. The maximum absolute atomic E-state index is 13.2. The summed E-state index contributed by atoms with van der Waals surface area (Å²) in [4.78, 5) is 29.8. The molecule has 0 saturated carbocycles. The molecule has 1 aliphatic heterocycles. The predicted octanol–water partition coefficient (Wildman–Crippen LogP) is 3.93. The third kappa shape index (κ3) is 4.22. The van der Waals surface area contributed by atoms with Gasteiger partial charge in [-0.1, -0.05) is 42.5 Å². The van der Waals surface area contributed by atoms with E-state index in [0.29, 0.717) is 29.7 Å². The van der Waals surface area contributed by atoms with E-state index in [1.807, 2.05) is 31.1 Å². The van der Waals surface area contributed by atoms with Gasteiger partial charge in [-0.05, 0) is 56.2 Å². The molecule has 0 spiro atoms. The molecule has 7 nitrogen and oxygen atoms in total. The van der Waals surface area contributed by atoms with Gasteiger partial charge in [0.2, 0.25) is 0 Å². The van der Waals surface area contributed by atoms with Gasteiger partial charge in [0.05, 0.1) is 24.3 Å². The maximum Gasteiger partial charge on any atom is 0.295 e. The lowest BCUT2D eigenvalue weighted by Crippen LogP contribution is -2.32. The van der Waals surface area contributed by atoms with Crippen molar-refractivity contribution < 1.29 is 24.5 Å². The van der Waals surface area contributed by atoms with Crippen molar-refractivity contribution in [2.24, 2.45) is 0 Å². The normalized spacial score (nSPS) is 17.6. The van der Waals surface area contributed by atoms with Gasteiger partial charge in [-0.25, -0.2) is 0 Å². The van der Waals surface area contributed by atoms with E-state index >= 15 is 0 Å². The Balaban J connectivity index is 1.87. The van der Waals surface area contributed by atoms with Gasteiger partial charge in [-0.15, -0.1) is 0 Å². The van der Waals surface area contributed by atoms with E-state index in [4.69, 9.17) is 4.74 Å². The van der Waals surface area contributed by atoms with Crippen molar-refractivity contribution in [2.75, 3.05) is 34.3 Å². The van der Waals surface area contributed by atoms with E-state index in [9.17, 15) is 19.8 Å². The fraction of sp³-hybridized carbons (Fsp3) is 0.259. The minimum atomic E-state index is -0.803. The van der Waals surface area contributed by atoms with Gasteiger partial charge in [-0.3, -0.25) is 9.59 Å². The van der Waals surface area contributed by atoms with E-state index < -0.39 is 23.5 Å². The monoisotopic (exact) mass is 460 g/mol. The quantitative estimate of drug-likeness (QED) is 0.316. The van der Waals surface area contributed by atoms with Crippen LogP contribution in [0.5, 0.6) is 11.5 Å². The maximum atomic E-state index is 13.2. The molecule has 1 aliphatic rings. The molecule has 3 aromatic carbocycles. The second kappa shape index (κ2) is 9.57. The first-order valence-corrected chi connectivity index (χ1v) is 11.1. The summed E-state index contributed by atoms with van der Waals surface area (Å²) >= 11 is 0. The number of hydrogen-bond acceptors (Lipinski definition) is 6. The Hall–Kier alpha value is -3.84. The molecule has 0 aromatic heterocycles. The number of ketones is 1. The van der Waals surface area contributed by atoms with E-state index in [1.54, 1.807) is 55.6 Å². The van der Waals surface area contributed by atoms with E-state index in [2.05, 4.69) is 0 Å². The molecule has 0 bridgehead atoms. The fourth-order valence-electron chi connectivity index (χ4n) is 4.42. The summed E-state index contributed by atoms with van der Waals surface area (Å²) in [6.45, 7) is 1.07. The van der Waals surface area contributed by atoms with Crippen LogP contribution in [0.3, 0.4) is 0 Å². The number of methoxy groups -OCH3 is 1. The van der Waals surface area contributed by atoms with E-state index in [-0.39, 0.29) is 16.9 Å². The van der Waals surface area contributed by atoms with E-state index in [0.717, 1.165) is 11.9 Å². The highest BCUT2D eigenvalue weighted by Gasteiger charge is 2.46. The SMILES string of the molecule is COc1cccc([C@@H]2C(=C(O)c3ccc4ccccc4c3O)C(=O)C(=O)N2CCCN(C)C)c1. The number of phenols is 1. The number of benzene rings is 3. The number of amides is 1. The summed E-state index contributed by atoms with van der Waals surface area (Å²) in [6.07, 6.45) is 0.655. The number of hydrogen-bond donors (Lipinski definition) is 2. The number of Topliss-reactive ketones (excluding diaryl/α,β-unsaturated/α-hetero) is 1. The number of phenolic OH excluding ortho intramolecular Hbond substituents is 1. The molecular weight excluding hydrogens is 432 g/mol. The summed E-state index contributed by atoms with van der Waals surface area (Å²) in [6, 6.07) is 16.8. The zero-order chi connectivity index (χ0) is 24.4. The molecule has 4 rings (SSSR count). The zero-order valence-electron chi connectivity index (χ0n) is 19.5. The highest BCUT2D eigenvalue weighted by atomic mass is 16.5. The summed E-state index contributed by atoms with van der Waals surface area (Å²) < 4.78 is 5.35. The number of aliphatic hydroxyl groups is 1. The van der Waals surface area contributed by atoms with Crippen LogP contribution in [-0.4, -0.2) is 66.0 Å². The average molecular weight is 461 g/mol. The first-order chi connectivity index (χ1) is 16.3. The first-order valence-electron chi connectivity index (χ1n) is 11.1. The van der Waals surface area contributed by atoms with Crippen molar-refractivity contribution in [3.63, 3.8) is 0 Å². The van der Waals surface area contributed by atoms with Crippen molar-refractivity contribution >= 4 is 28.2 Å². The van der Waals surface area contributed by atoms with Crippen LogP contribution in [0.2, 0.25) is 0 Å². The number of ether oxygens (including phenoxy) is 1. The molecular formula is C27H28N2O5. The van der Waals surface area contributed by atoms with Gasteiger partial charge in [0.15, 0.2) is 0 Å². The third-order valence-corrected chi connectivity index (χ3v) is 6.11. The molecule has 34 heavy (non-hydrogen) atoms. The Labute approximate surface area is 198 Å². The molecule has 1 fully saturated rings. The second-order valence-corrected chi connectivity index (χ2v) is 8.61. The van der Waals surface area contributed by atoms with Crippen molar-refractivity contribution in [3.8, 4) is 11.5 Å². The molecule has 1 atom stereocenters. The van der Waals surface area contributed by atoms with Crippen LogP contribution in [0.25, 0.3) is 16.5 Å². The Kier molecular flexibility index (Phi) is 6.56. The average Bonchev–Trinajstić information content (AvgIpc) is 3.09. The topological polar surface area (TPSA) is 90.3 Å². The van der Waals surface area contributed by atoms with Crippen LogP contribution < -0.4 is 4.74 Å². The largest absolute Gasteiger partial charge is 0.507 e. The molecule has 0 radical (unpaired) electrons.